The molecule has 0 radical (unpaired) electrons. The van der Waals surface area contributed by atoms with Gasteiger partial charge in [-0.05, 0) is 36.2 Å². The summed E-state index contributed by atoms with van der Waals surface area (Å²) in [7, 11) is 1.58. The molecule has 0 aliphatic carbocycles. The van der Waals surface area contributed by atoms with Crippen LogP contribution in [0.4, 0.5) is 5.69 Å². The lowest BCUT2D eigenvalue weighted by molar-refractivity contribution is -0.384. The van der Waals surface area contributed by atoms with E-state index in [9.17, 15) is 14.9 Å². The van der Waals surface area contributed by atoms with Gasteiger partial charge in [0.15, 0.2) is 0 Å². The molecule has 0 saturated heterocycles. The standard InChI is InChI=1S/C20H20N4O5/c1-12(2)17(21-19(25)14-5-4-6-15(11-14)24(26)27)20-22-18(23-29-20)13-7-9-16(28-3)10-8-13/h4-12,17H,1-3H3,(H,21,25). The maximum atomic E-state index is 12.6. The fourth-order valence-corrected chi connectivity index (χ4v) is 2.72. The van der Waals surface area contributed by atoms with Gasteiger partial charge in [0.1, 0.15) is 11.8 Å². The van der Waals surface area contributed by atoms with Crippen LogP contribution < -0.4 is 10.1 Å². The Bertz CT molecular complexity index is 1010. The lowest BCUT2D eigenvalue weighted by Crippen LogP contribution is -2.32. The van der Waals surface area contributed by atoms with Crippen LogP contribution in [0, 0.1) is 16.0 Å². The van der Waals surface area contributed by atoms with Crippen molar-refractivity contribution in [1.29, 1.82) is 0 Å². The average Bonchev–Trinajstić information content (AvgIpc) is 3.21. The predicted molar refractivity (Wildman–Crippen MR) is 104 cm³/mol. The number of nitro groups is 1. The fraction of sp³-hybridized carbons (Fsp3) is 0.250. The van der Waals surface area contributed by atoms with E-state index in [0.717, 1.165) is 5.56 Å². The molecule has 0 aliphatic rings. The molecule has 9 heteroatoms. The first kappa shape index (κ1) is 20.0. The van der Waals surface area contributed by atoms with Crippen molar-refractivity contribution < 1.29 is 19.0 Å². The summed E-state index contributed by atoms with van der Waals surface area (Å²) in [6.45, 7) is 3.80. The van der Waals surface area contributed by atoms with E-state index in [1.54, 1.807) is 31.4 Å². The van der Waals surface area contributed by atoms with Crippen molar-refractivity contribution in [3.8, 4) is 17.1 Å². The van der Waals surface area contributed by atoms with E-state index in [4.69, 9.17) is 9.26 Å². The zero-order chi connectivity index (χ0) is 21.0. The van der Waals surface area contributed by atoms with Crippen LogP contribution in [0.3, 0.4) is 0 Å². The summed E-state index contributed by atoms with van der Waals surface area (Å²) < 4.78 is 10.5. The van der Waals surface area contributed by atoms with Gasteiger partial charge in [0.05, 0.1) is 12.0 Å². The number of nitrogens with zero attached hydrogens (tertiary/aromatic N) is 3. The molecule has 1 heterocycles. The highest BCUT2D eigenvalue weighted by molar-refractivity contribution is 5.95. The minimum absolute atomic E-state index is 0.0539. The second kappa shape index (κ2) is 8.51. The summed E-state index contributed by atoms with van der Waals surface area (Å²) in [6.07, 6.45) is 0. The Morgan fingerprint density at radius 1 is 1.21 bits per heavy atom. The summed E-state index contributed by atoms with van der Waals surface area (Å²) in [6, 6.07) is 12.2. The molecule has 1 amide bonds. The van der Waals surface area contributed by atoms with Crippen molar-refractivity contribution in [3.63, 3.8) is 0 Å². The van der Waals surface area contributed by atoms with Gasteiger partial charge in [0.25, 0.3) is 11.6 Å². The van der Waals surface area contributed by atoms with Crippen molar-refractivity contribution in [3.05, 3.63) is 70.1 Å². The molecule has 1 aromatic heterocycles. The largest absolute Gasteiger partial charge is 0.497 e. The molecular formula is C20H20N4O5. The van der Waals surface area contributed by atoms with Crippen LogP contribution in [-0.2, 0) is 0 Å². The van der Waals surface area contributed by atoms with Gasteiger partial charge in [-0.1, -0.05) is 25.1 Å². The lowest BCUT2D eigenvalue weighted by Gasteiger charge is -2.18. The number of benzene rings is 2. The Morgan fingerprint density at radius 2 is 1.93 bits per heavy atom. The zero-order valence-corrected chi connectivity index (χ0v) is 16.2. The number of hydrogen-bond donors (Lipinski definition) is 1. The number of methoxy groups -OCH3 is 1. The van der Waals surface area contributed by atoms with Crippen LogP contribution in [-0.4, -0.2) is 28.1 Å². The van der Waals surface area contributed by atoms with Crippen molar-refractivity contribution in [2.24, 2.45) is 5.92 Å². The van der Waals surface area contributed by atoms with Crippen molar-refractivity contribution in [2.75, 3.05) is 7.11 Å². The van der Waals surface area contributed by atoms with Crippen LogP contribution in [0.15, 0.2) is 53.1 Å². The first-order valence-corrected chi connectivity index (χ1v) is 8.92. The SMILES string of the molecule is COc1ccc(-c2noc(C(NC(=O)c3cccc([N+](=O)[O-])c3)C(C)C)n2)cc1. The van der Waals surface area contributed by atoms with Gasteiger partial charge >= 0.3 is 0 Å². The molecule has 0 fully saturated rings. The van der Waals surface area contributed by atoms with E-state index in [0.29, 0.717) is 11.6 Å². The number of hydrogen-bond acceptors (Lipinski definition) is 7. The zero-order valence-electron chi connectivity index (χ0n) is 16.2. The second-order valence-electron chi connectivity index (χ2n) is 6.69. The Hall–Kier alpha value is -3.75. The van der Waals surface area contributed by atoms with E-state index in [-0.39, 0.29) is 23.1 Å². The van der Waals surface area contributed by atoms with E-state index >= 15 is 0 Å². The number of carbonyl (C=O) groups excluding carboxylic acids is 1. The molecule has 29 heavy (non-hydrogen) atoms. The van der Waals surface area contributed by atoms with Gasteiger partial charge in [-0.15, -0.1) is 0 Å². The van der Waals surface area contributed by atoms with Gasteiger partial charge in [-0.3, -0.25) is 14.9 Å². The average molecular weight is 396 g/mol. The normalized spacial score (nSPS) is 11.9. The number of amides is 1. The van der Waals surface area contributed by atoms with E-state index in [2.05, 4.69) is 15.5 Å². The number of ether oxygens (including phenoxy) is 1. The highest BCUT2D eigenvalue weighted by Crippen LogP contribution is 2.25. The van der Waals surface area contributed by atoms with Crippen LogP contribution in [0.5, 0.6) is 5.75 Å². The Morgan fingerprint density at radius 3 is 2.55 bits per heavy atom. The molecule has 3 rings (SSSR count). The Kier molecular flexibility index (Phi) is 5.87. The Labute approximate surface area is 166 Å². The summed E-state index contributed by atoms with van der Waals surface area (Å²) in [5.74, 6) is 0.836. The molecule has 9 nitrogen and oxygen atoms in total. The second-order valence-corrected chi connectivity index (χ2v) is 6.69. The third kappa shape index (κ3) is 4.57. The first-order chi connectivity index (χ1) is 13.9. The summed E-state index contributed by atoms with van der Waals surface area (Å²) in [5, 5.41) is 17.8. The summed E-state index contributed by atoms with van der Waals surface area (Å²) in [5.41, 5.74) is 0.770. The van der Waals surface area contributed by atoms with Gasteiger partial charge in [-0.25, -0.2) is 0 Å². The van der Waals surface area contributed by atoms with Gasteiger partial charge < -0.3 is 14.6 Å². The smallest absolute Gasteiger partial charge is 0.270 e. The van der Waals surface area contributed by atoms with Crippen molar-refractivity contribution in [2.45, 2.75) is 19.9 Å². The molecular weight excluding hydrogens is 376 g/mol. The minimum atomic E-state index is -0.554. The fourth-order valence-electron chi connectivity index (χ4n) is 2.72. The van der Waals surface area contributed by atoms with Gasteiger partial charge in [-0.2, -0.15) is 4.98 Å². The first-order valence-electron chi connectivity index (χ1n) is 8.92. The molecule has 3 aromatic rings. The van der Waals surface area contributed by atoms with Crippen LogP contribution in [0.2, 0.25) is 0 Å². The molecule has 1 atom stereocenters. The molecule has 150 valence electrons. The summed E-state index contributed by atoms with van der Waals surface area (Å²) >= 11 is 0. The van der Waals surface area contributed by atoms with Crippen LogP contribution in [0.1, 0.15) is 36.1 Å². The Balaban J connectivity index is 1.81. The third-order valence-electron chi connectivity index (χ3n) is 4.33. The lowest BCUT2D eigenvalue weighted by atomic mass is 10.0. The molecule has 1 unspecified atom stereocenters. The topological polar surface area (TPSA) is 120 Å². The maximum Gasteiger partial charge on any atom is 0.270 e. The van der Waals surface area contributed by atoms with Crippen LogP contribution in [0.25, 0.3) is 11.4 Å². The number of carbonyl (C=O) groups is 1. The van der Waals surface area contributed by atoms with Crippen LogP contribution >= 0.6 is 0 Å². The molecule has 0 spiro atoms. The van der Waals surface area contributed by atoms with E-state index in [1.165, 1.54) is 24.3 Å². The number of aromatic nitrogens is 2. The molecule has 0 saturated carbocycles. The van der Waals surface area contributed by atoms with Crippen molar-refractivity contribution >= 4 is 11.6 Å². The van der Waals surface area contributed by atoms with E-state index < -0.39 is 16.9 Å². The quantitative estimate of drug-likeness (QED) is 0.476. The molecule has 2 aromatic carbocycles. The molecule has 0 aliphatic heterocycles. The number of nitrogens with one attached hydrogen (secondary N) is 1. The number of non-ortho nitro benzene ring substituents is 1. The van der Waals surface area contributed by atoms with E-state index in [1.807, 2.05) is 13.8 Å². The minimum Gasteiger partial charge on any atom is -0.497 e. The maximum absolute atomic E-state index is 12.6. The monoisotopic (exact) mass is 396 g/mol. The van der Waals surface area contributed by atoms with Gasteiger partial charge in [0, 0.05) is 23.3 Å². The predicted octanol–water partition coefficient (Wildman–Crippen LogP) is 3.78. The van der Waals surface area contributed by atoms with Gasteiger partial charge in [0.2, 0.25) is 11.7 Å². The number of rotatable bonds is 7. The highest BCUT2D eigenvalue weighted by Gasteiger charge is 2.26. The highest BCUT2D eigenvalue weighted by atomic mass is 16.6. The van der Waals surface area contributed by atoms with Crippen molar-refractivity contribution in [1.82, 2.24) is 15.5 Å². The molecule has 0 bridgehead atoms. The number of nitro benzene ring substituents is 1. The molecule has 1 N–H and O–H groups in total. The summed E-state index contributed by atoms with van der Waals surface area (Å²) in [4.78, 5) is 27.4. The third-order valence-corrected chi connectivity index (χ3v) is 4.33.